The molecule has 1 aromatic heterocycles. The van der Waals surface area contributed by atoms with Crippen molar-refractivity contribution in [3.63, 3.8) is 0 Å². The summed E-state index contributed by atoms with van der Waals surface area (Å²) >= 11 is 0. The lowest BCUT2D eigenvalue weighted by Gasteiger charge is -2.28. The average molecular weight is 437 g/mol. The third kappa shape index (κ3) is 5.55. The molecule has 0 aliphatic rings. The number of carbonyl (C=O) groups excluding carboxylic acids is 2. The second-order valence-corrected chi connectivity index (χ2v) is 9.32. The van der Waals surface area contributed by atoms with Crippen LogP contribution in [0, 0.1) is 0 Å². The summed E-state index contributed by atoms with van der Waals surface area (Å²) in [5.41, 5.74) is -0.784. The Morgan fingerprint density at radius 3 is 1.91 bits per heavy atom. The molecule has 0 spiro atoms. The molecule has 0 N–H and O–H groups in total. The fourth-order valence-corrected chi connectivity index (χ4v) is 2.93. The Balaban J connectivity index is 2.11. The van der Waals surface area contributed by atoms with E-state index in [9.17, 15) is 14.4 Å². The first kappa shape index (κ1) is 23.1. The number of anilines is 1. The lowest BCUT2D eigenvalue weighted by molar-refractivity contribution is 0.0431. The highest BCUT2D eigenvalue weighted by atomic mass is 16.6. The Bertz CT molecular complexity index is 1170. The molecule has 2 amide bonds. The molecule has 0 radical (unpaired) electrons. The summed E-state index contributed by atoms with van der Waals surface area (Å²) in [5, 5.41) is 0.321. The molecule has 3 aromatic rings. The SMILES string of the molecule is CC(C)(C)OC(=O)N(C(=O)OC(C)(C)C)c1ccc2c(=O)cc(-c3ccccc3)oc2c1. The van der Waals surface area contributed by atoms with Gasteiger partial charge in [-0.15, -0.1) is 0 Å². The highest BCUT2D eigenvalue weighted by Crippen LogP contribution is 2.27. The number of nitrogens with zero attached hydrogens (tertiary/aromatic N) is 1. The molecule has 0 bridgehead atoms. The topological polar surface area (TPSA) is 86.0 Å². The number of hydrogen-bond donors (Lipinski definition) is 0. The van der Waals surface area contributed by atoms with E-state index in [1.54, 1.807) is 41.5 Å². The van der Waals surface area contributed by atoms with Crippen LogP contribution in [-0.2, 0) is 9.47 Å². The highest BCUT2D eigenvalue weighted by Gasteiger charge is 2.33. The van der Waals surface area contributed by atoms with Gasteiger partial charge in [-0.3, -0.25) is 4.79 Å². The molecule has 2 aromatic carbocycles. The number of fused-ring (bicyclic) bond motifs is 1. The number of hydrogen-bond acceptors (Lipinski definition) is 6. The molecule has 32 heavy (non-hydrogen) atoms. The number of ether oxygens (including phenoxy) is 2. The minimum atomic E-state index is -0.896. The van der Waals surface area contributed by atoms with E-state index in [0.717, 1.165) is 10.5 Å². The predicted molar refractivity (Wildman–Crippen MR) is 123 cm³/mol. The van der Waals surface area contributed by atoms with Crippen molar-refractivity contribution < 1.29 is 23.5 Å². The molecule has 7 heteroatoms. The summed E-state index contributed by atoms with van der Waals surface area (Å²) in [4.78, 5) is 39.2. The molecule has 7 nitrogen and oxygen atoms in total. The van der Waals surface area contributed by atoms with Crippen molar-refractivity contribution in [3.05, 3.63) is 64.8 Å². The first-order chi connectivity index (χ1) is 14.8. The zero-order chi connectivity index (χ0) is 23.7. The number of rotatable bonds is 2. The molecule has 168 valence electrons. The van der Waals surface area contributed by atoms with Gasteiger partial charge in [0.1, 0.15) is 22.5 Å². The van der Waals surface area contributed by atoms with Gasteiger partial charge < -0.3 is 13.9 Å². The number of benzene rings is 2. The normalized spacial score (nSPS) is 11.8. The Morgan fingerprint density at radius 2 is 1.38 bits per heavy atom. The van der Waals surface area contributed by atoms with E-state index < -0.39 is 23.4 Å². The highest BCUT2D eigenvalue weighted by molar-refractivity contribution is 6.10. The average Bonchev–Trinajstić information content (AvgIpc) is 2.65. The quantitative estimate of drug-likeness (QED) is 0.479. The minimum absolute atomic E-state index is 0.161. The number of imide groups is 1. The van der Waals surface area contributed by atoms with Gasteiger partial charge in [0.15, 0.2) is 5.43 Å². The lowest BCUT2D eigenvalue weighted by atomic mass is 10.1. The van der Waals surface area contributed by atoms with Gasteiger partial charge in [-0.05, 0) is 53.7 Å². The summed E-state index contributed by atoms with van der Waals surface area (Å²) in [6, 6.07) is 15.0. The van der Waals surface area contributed by atoms with Crippen LogP contribution in [0.15, 0.2) is 63.8 Å². The fraction of sp³-hybridized carbons (Fsp3) is 0.320. The maximum Gasteiger partial charge on any atom is 0.424 e. The lowest BCUT2D eigenvalue weighted by Crippen LogP contribution is -2.43. The Morgan fingerprint density at radius 1 is 0.812 bits per heavy atom. The molecule has 0 atom stereocenters. The minimum Gasteiger partial charge on any atom is -0.456 e. The van der Waals surface area contributed by atoms with Gasteiger partial charge in [0, 0.05) is 17.7 Å². The summed E-state index contributed by atoms with van der Waals surface area (Å²) in [5.74, 6) is 0.376. The zero-order valence-electron chi connectivity index (χ0n) is 19.1. The summed E-state index contributed by atoms with van der Waals surface area (Å²) in [7, 11) is 0. The second-order valence-electron chi connectivity index (χ2n) is 9.32. The van der Waals surface area contributed by atoms with Crippen LogP contribution < -0.4 is 10.3 Å². The Hall–Kier alpha value is -3.61. The maximum absolute atomic E-state index is 12.9. The van der Waals surface area contributed by atoms with Crippen molar-refractivity contribution in [2.75, 3.05) is 4.90 Å². The van der Waals surface area contributed by atoms with E-state index in [2.05, 4.69) is 0 Å². The maximum atomic E-state index is 12.9. The van der Waals surface area contributed by atoms with Gasteiger partial charge in [0.05, 0.1) is 11.1 Å². The second kappa shape index (κ2) is 8.49. The van der Waals surface area contributed by atoms with Gasteiger partial charge in [0.2, 0.25) is 0 Å². The van der Waals surface area contributed by atoms with E-state index in [1.165, 1.54) is 24.3 Å². The molecule has 0 fully saturated rings. The monoisotopic (exact) mass is 437 g/mol. The van der Waals surface area contributed by atoms with Crippen molar-refractivity contribution in [3.8, 4) is 11.3 Å². The summed E-state index contributed by atoms with van der Waals surface area (Å²) in [6.45, 7) is 10.2. The van der Waals surface area contributed by atoms with E-state index in [1.807, 2.05) is 30.3 Å². The number of amides is 2. The number of carbonyl (C=O) groups is 2. The van der Waals surface area contributed by atoms with Crippen molar-refractivity contribution in [1.82, 2.24) is 0 Å². The van der Waals surface area contributed by atoms with E-state index in [0.29, 0.717) is 11.1 Å². The van der Waals surface area contributed by atoms with Crippen LogP contribution in [0.4, 0.5) is 15.3 Å². The zero-order valence-corrected chi connectivity index (χ0v) is 19.1. The molecule has 3 rings (SSSR count). The third-order valence-electron chi connectivity index (χ3n) is 4.18. The first-order valence-corrected chi connectivity index (χ1v) is 10.2. The molecule has 0 saturated heterocycles. The fourth-order valence-electron chi connectivity index (χ4n) is 2.93. The van der Waals surface area contributed by atoms with Crippen LogP contribution in [0.1, 0.15) is 41.5 Å². The first-order valence-electron chi connectivity index (χ1n) is 10.2. The standard InChI is InChI=1S/C25H27NO6/c1-24(2,3)31-22(28)26(23(29)32-25(4,5)6)17-12-13-18-19(27)15-20(30-21(18)14-17)16-10-8-7-9-11-16/h7-15H,1-6H3. The van der Waals surface area contributed by atoms with E-state index in [4.69, 9.17) is 13.9 Å². The van der Waals surface area contributed by atoms with Gasteiger partial charge in [-0.25, -0.2) is 9.59 Å². The largest absolute Gasteiger partial charge is 0.456 e. The van der Waals surface area contributed by atoms with Gasteiger partial charge in [-0.2, -0.15) is 4.90 Å². The van der Waals surface area contributed by atoms with Crippen LogP contribution >= 0.6 is 0 Å². The third-order valence-corrected chi connectivity index (χ3v) is 4.18. The van der Waals surface area contributed by atoms with Crippen LogP contribution in [0.25, 0.3) is 22.3 Å². The van der Waals surface area contributed by atoms with Crippen LogP contribution in [0.2, 0.25) is 0 Å². The van der Waals surface area contributed by atoms with Crippen molar-refractivity contribution in [1.29, 1.82) is 0 Å². The van der Waals surface area contributed by atoms with Crippen molar-refractivity contribution in [2.45, 2.75) is 52.7 Å². The molecule has 1 heterocycles. The molecule has 0 aliphatic carbocycles. The van der Waals surface area contributed by atoms with E-state index >= 15 is 0 Å². The van der Waals surface area contributed by atoms with Crippen LogP contribution in [0.5, 0.6) is 0 Å². The molecule has 0 unspecified atom stereocenters. The van der Waals surface area contributed by atoms with Gasteiger partial charge in [-0.1, -0.05) is 30.3 Å². The smallest absolute Gasteiger partial charge is 0.424 e. The van der Waals surface area contributed by atoms with Crippen molar-refractivity contribution >= 4 is 28.8 Å². The summed E-state index contributed by atoms with van der Waals surface area (Å²) in [6.07, 6.45) is -1.79. The van der Waals surface area contributed by atoms with Crippen LogP contribution in [-0.4, -0.2) is 23.4 Å². The van der Waals surface area contributed by atoms with Gasteiger partial charge in [0.25, 0.3) is 0 Å². The molecule has 0 aliphatic heterocycles. The summed E-state index contributed by atoms with van der Waals surface area (Å²) < 4.78 is 16.8. The Labute approximate surface area is 186 Å². The predicted octanol–water partition coefficient (Wildman–Crippen LogP) is 6.14. The van der Waals surface area contributed by atoms with Crippen molar-refractivity contribution in [2.24, 2.45) is 0 Å². The van der Waals surface area contributed by atoms with Gasteiger partial charge >= 0.3 is 12.2 Å². The van der Waals surface area contributed by atoms with E-state index in [-0.39, 0.29) is 16.7 Å². The van der Waals surface area contributed by atoms with Crippen LogP contribution in [0.3, 0.4) is 0 Å². The molecule has 0 saturated carbocycles. The molecular formula is C25H27NO6. The molecular weight excluding hydrogens is 410 g/mol. The Kier molecular flexibility index (Phi) is 6.12.